The van der Waals surface area contributed by atoms with Gasteiger partial charge in [0.05, 0.1) is 24.9 Å². The second-order valence-corrected chi connectivity index (χ2v) is 6.41. The molecule has 3 aromatic rings. The molecular weight excluding hydrogens is 350 g/mol. The lowest BCUT2D eigenvalue weighted by molar-refractivity contribution is 0.0953. The van der Waals surface area contributed by atoms with Gasteiger partial charge in [-0.2, -0.15) is 0 Å². The largest absolute Gasteiger partial charge is 0.497 e. The Bertz CT molecular complexity index is 858. The molecule has 1 aromatic carbocycles. The van der Waals surface area contributed by atoms with Crippen LogP contribution in [0.2, 0.25) is 0 Å². The molecule has 0 bridgehead atoms. The summed E-state index contributed by atoms with van der Waals surface area (Å²) in [6, 6.07) is 8.95. The number of benzene rings is 1. The van der Waals surface area contributed by atoms with Crippen molar-refractivity contribution in [1.82, 2.24) is 15.3 Å². The van der Waals surface area contributed by atoms with Gasteiger partial charge in [0, 0.05) is 47.9 Å². The molecule has 0 saturated heterocycles. The summed E-state index contributed by atoms with van der Waals surface area (Å²) < 4.78 is 10.4. The summed E-state index contributed by atoms with van der Waals surface area (Å²) in [6.07, 6.45) is 4.16. The van der Waals surface area contributed by atoms with E-state index >= 15 is 0 Å². The Hall–Kier alpha value is -2.93. The lowest BCUT2D eigenvalue weighted by Crippen LogP contribution is -2.25. The van der Waals surface area contributed by atoms with Crippen molar-refractivity contribution in [2.45, 2.75) is 6.42 Å². The van der Waals surface area contributed by atoms with E-state index in [2.05, 4.69) is 15.3 Å². The standard InChI is InChI=1S/C19H19N3O3S/c1-24-15-9-14(10-16(11-15)25-2)19(23)21-8-5-18-22-17(12-26-18)13-3-6-20-7-4-13/h3-4,6-7,9-12H,5,8H2,1-2H3,(H,21,23). The van der Waals surface area contributed by atoms with E-state index in [0.29, 0.717) is 30.0 Å². The average molecular weight is 369 g/mol. The Morgan fingerprint density at radius 3 is 2.46 bits per heavy atom. The molecule has 0 radical (unpaired) electrons. The first-order valence-corrected chi connectivity index (χ1v) is 8.93. The van der Waals surface area contributed by atoms with E-state index in [1.165, 1.54) is 0 Å². The van der Waals surface area contributed by atoms with Crippen LogP contribution in [0.25, 0.3) is 11.3 Å². The van der Waals surface area contributed by atoms with E-state index in [9.17, 15) is 4.79 Å². The number of nitrogens with one attached hydrogen (secondary N) is 1. The number of rotatable bonds is 7. The predicted octanol–water partition coefficient (Wildman–Crippen LogP) is 3.19. The minimum Gasteiger partial charge on any atom is -0.497 e. The van der Waals surface area contributed by atoms with E-state index in [1.807, 2.05) is 17.5 Å². The zero-order chi connectivity index (χ0) is 18.4. The predicted molar refractivity (Wildman–Crippen MR) is 101 cm³/mol. The molecule has 0 aliphatic carbocycles. The fourth-order valence-corrected chi connectivity index (χ4v) is 3.21. The monoisotopic (exact) mass is 369 g/mol. The first-order valence-electron chi connectivity index (χ1n) is 8.05. The minimum absolute atomic E-state index is 0.173. The van der Waals surface area contributed by atoms with Gasteiger partial charge in [0.1, 0.15) is 11.5 Å². The Morgan fingerprint density at radius 2 is 1.81 bits per heavy atom. The third-order valence-electron chi connectivity index (χ3n) is 3.77. The van der Waals surface area contributed by atoms with Gasteiger partial charge in [-0.1, -0.05) is 0 Å². The van der Waals surface area contributed by atoms with Crippen LogP contribution in [0.5, 0.6) is 11.5 Å². The zero-order valence-electron chi connectivity index (χ0n) is 14.6. The van der Waals surface area contributed by atoms with Crippen LogP contribution in [-0.4, -0.2) is 36.6 Å². The summed E-state index contributed by atoms with van der Waals surface area (Å²) in [5.74, 6) is 0.987. The number of carbonyl (C=O) groups excluding carboxylic acids is 1. The van der Waals surface area contributed by atoms with Gasteiger partial charge in [0.25, 0.3) is 5.91 Å². The fraction of sp³-hybridized carbons (Fsp3) is 0.211. The number of methoxy groups -OCH3 is 2. The van der Waals surface area contributed by atoms with Crippen molar-refractivity contribution in [1.29, 1.82) is 0 Å². The molecule has 1 N–H and O–H groups in total. The van der Waals surface area contributed by atoms with Crippen molar-refractivity contribution in [3.63, 3.8) is 0 Å². The second-order valence-electron chi connectivity index (χ2n) is 5.47. The van der Waals surface area contributed by atoms with E-state index in [0.717, 1.165) is 16.3 Å². The van der Waals surface area contributed by atoms with Crippen molar-refractivity contribution >= 4 is 17.2 Å². The quantitative estimate of drug-likeness (QED) is 0.692. The van der Waals surface area contributed by atoms with Crippen molar-refractivity contribution in [2.75, 3.05) is 20.8 Å². The molecule has 0 saturated carbocycles. The highest BCUT2D eigenvalue weighted by Gasteiger charge is 2.10. The molecule has 6 nitrogen and oxygen atoms in total. The molecule has 2 aromatic heterocycles. The maximum atomic E-state index is 12.4. The lowest BCUT2D eigenvalue weighted by Gasteiger charge is -2.09. The number of carbonyl (C=O) groups is 1. The highest BCUT2D eigenvalue weighted by molar-refractivity contribution is 7.09. The normalized spacial score (nSPS) is 10.4. The van der Waals surface area contributed by atoms with Gasteiger partial charge in [-0.3, -0.25) is 9.78 Å². The van der Waals surface area contributed by atoms with Gasteiger partial charge in [-0.25, -0.2) is 4.98 Å². The van der Waals surface area contributed by atoms with Gasteiger partial charge < -0.3 is 14.8 Å². The SMILES string of the molecule is COc1cc(OC)cc(C(=O)NCCc2nc(-c3ccncc3)cs2)c1. The van der Waals surface area contributed by atoms with Crippen molar-refractivity contribution in [3.05, 3.63) is 58.7 Å². The third kappa shape index (κ3) is 4.37. The summed E-state index contributed by atoms with van der Waals surface area (Å²) in [6.45, 7) is 0.502. The molecule has 1 amide bonds. The number of hydrogen-bond donors (Lipinski definition) is 1. The first-order chi connectivity index (χ1) is 12.7. The highest BCUT2D eigenvalue weighted by atomic mass is 32.1. The number of nitrogens with zero attached hydrogens (tertiary/aromatic N) is 2. The van der Waals surface area contributed by atoms with Crippen molar-refractivity contribution < 1.29 is 14.3 Å². The number of amides is 1. The molecule has 26 heavy (non-hydrogen) atoms. The number of pyridine rings is 1. The Morgan fingerprint density at radius 1 is 1.12 bits per heavy atom. The number of thiazole rings is 1. The van der Waals surface area contributed by atoms with Crippen LogP contribution in [0.15, 0.2) is 48.1 Å². The molecule has 0 spiro atoms. The molecule has 0 fully saturated rings. The second kappa shape index (κ2) is 8.44. The Balaban J connectivity index is 1.58. The smallest absolute Gasteiger partial charge is 0.251 e. The van der Waals surface area contributed by atoms with Gasteiger partial charge in [-0.05, 0) is 24.3 Å². The molecule has 3 rings (SSSR count). The van der Waals surface area contributed by atoms with E-state index < -0.39 is 0 Å². The molecular formula is C19H19N3O3S. The summed E-state index contributed by atoms with van der Waals surface area (Å²) in [4.78, 5) is 21.0. The van der Waals surface area contributed by atoms with Crippen molar-refractivity contribution in [3.8, 4) is 22.8 Å². The summed E-state index contributed by atoms with van der Waals surface area (Å²) in [7, 11) is 3.11. The molecule has 2 heterocycles. The van der Waals surface area contributed by atoms with Crippen LogP contribution in [0.1, 0.15) is 15.4 Å². The summed E-state index contributed by atoms with van der Waals surface area (Å²) in [5.41, 5.74) is 2.46. The van der Waals surface area contributed by atoms with Gasteiger partial charge >= 0.3 is 0 Å². The number of hydrogen-bond acceptors (Lipinski definition) is 6. The van der Waals surface area contributed by atoms with E-state index in [1.54, 1.807) is 56.1 Å². The molecule has 0 unspecified atom stereocenters. The molecule has 0 aliphatic heterocycles. The highest BCUT2D eigenvalue weighted by Crippen LogP contribution is 2.23. The van der Waals surface area contributed by atoms with Gasteiger partial charge in [0.2, 0.25) is 0 Å². The molecule has 0 atom stereocenters. The topological polar surface area (TPSA) is 73.3 Å². The number of ether oxygens (including phenoxy) is 2. The van der Waals surface area contributed by atoms with Crippen LogP contribution in [0.3, 0.4) is 0 Å². The van der Waals surface area contributed by atoms with Gasteiger partial charge in [-0.15, -0.1) is 11.3 Å². The Labute approximate surface area is 155 Å². The van der Waals surface area contributed by atoms with Gasteiger partial charge in [0.15, 0.2) is 0 Å². The summed E-state index contributed by atoms with van der Waals surface area (Å²) >= 11 is 1.58. The Kier molecular flexibility index (Phi) is 5.80. The van der Waals surface area contributed by atoms with E-state index in [-0.39, 0.29) is 5.91 Å². The number of aromatic nitrogens is 2. The zero-order valence-corrected chi connectivity index (χ0v) is 15.4. The van der Waals surface area contributed by atoms with Crippen LogP contribution in [0.4, 0.5) is 0 Å². The minimum atomic E-state index is -0.173. The first kappa shape index (κ1) is 17.9. The van der Waals surface area contributed by atoms with Crippen LogP contribution in [-0.2, 0) is 6.42 Å². The molecule has 7 heteroatoms. The maximum absolute atomic E-state index is 12.4. The third-order valence-corrected chi connectivity index (χ3v) is 4.67. The molecule has 134 valence electrons. The average Bonchev–Trinajstić information content (AvgIpc) is 3.17. The maximum Gasteiger partial charge on any atom is 0.251 e. The van der Waals surface area contributed by atoms with Crippen molar-refractivity contribution in [2.24, 2.45) is 0 Å². The lowest BCUT2D eigenvalue weighted by atomic mass is 10.2. The molecule has 0 aliphatic rings. The van der Waals surface area contributed by atoms with E-state index in [4.69, 9.17) is 9.47 Å². The summed E-state index contributed by atoms with van der Waals surface area (Å²) in [5, 5.41) is 5.89. The van der Waals surface area contributed by atoms with Crippen LogP contribution >= 0.6 is 11.3 Å². The fourth-order valence-electron chi connectivity index (χ4n) is 2.40. The van der Waals surface area contributed by atoms with Crippen LogP contribution in [0, 0.1) is 0 Å². The van der Waals surface area contributed by atoms with Crippen LogP contribution < -0.4 is 14.8 Å².